The van der Waals surface area contributed by atoms with Crippen molar-refractivity contribution >= 4 is 24.5 Å². The second kappa shape index (κ2) is 13.0. The van der Waals surface area contributed by atoms with Crippen LogP contribution in [0.2, 0.25) is 13.3 Å². The third kappa shape index (κ3) is 9.90. The van der Waals surface area contributed by atoms with E-state index in [0.29, 0.717) is 5.92 Å². The minimum absolute atomic E-state index is 0.165. The molecule has 0 aliphatic carbocycles. The van der Waals surface area contributed by atoms with Crippen LogP contribution in [-0.2, 0) is 4.74 Å². The summed E-state index contributed by atoms with van der Waals surface area (Å²) in [6.07, 6.45) is 9.85. The number of hydrogen-bond acceptors (Lipinski definition) is 2. The van der Waals surface area contributed by atoms with Crippen LogP contribution in [0.1, 0.15) is 92.9 Å². The maximum absolute atomic E-state index is 12.3. The summed E-state index contributed by atoms with van der Waals surface area (Å²) in [4.78, 5) is 14.1. The second-order valence-electron chi connectivity index (χ2n) is 9.60. The Morgan fingerprint density at radius 2 is 1.43 bits per heavy atom. The molecule has 0 atom stereocenters. The number of unbranched alkanes of at least 4 members (excludes halogenated alkanes) is 3. The molecule has 0 aromatic heterocycles. The molecule has 4 heteroatoms. The van der Waals surface area contributed by atoms with Gasteiger partial charge in [-0.3, -0.25) is 0 Å². The van der Waals surface area contributed by atoms with Gasteiger partial charge in [-0.2, -0.15) is 0 Å². The molecule has 3 nitrogen and oxygen atoms in total. The topological polar surface area (TPSA) is 29.5 Å². The number of amides is 1. The summed E-state index contributed by atoms with van der Waals surface area (Å²) < 4.78 is 13.9. The third-order valence-corrected chi connectivity index (χ3v) is 18.9. The summed E-state index contributed by atoms with van der Waals surface area (Å²) in [7, 11) is 0. The predicted octanol–water partition coefficient (Wildman–Crippen LogP) is 7.03. The molecule has 0 bridgehead atoms. The van der Waals surface area contributed by atoms with Crippen LogP contribution in [0.5, 0.6) is 0 Å². The number of ether oxygens (including phenoxy) is 1. The summed E-state index contributed by atoms with van der Waals surface area (Å²) in [5, 5.41) is 0. The van der Waals surface area contributed by atoms with Gasteiger partial charge < -0.3 is 0 Å². The Morgan fingerprint density at radius 1 is 0.964 bits per heavy atom. The van der Waals surface area contributed by atoms with Gasteiger partial charge in [-0.25, -0.2) is 0 Å². The van der Waals surface area contributed by atoms with Gasteiger partial charge in [0.15, 0.2) is 0 Å². The molecule has 0 aromatic rings. The fraction of sp³-hybridized carbons (Fsp3) is 0.875. The summed E-state index contributed by atoms with van der Waals surface area (Å²) in [6.45, 7) is 14.3. The zero-order valence-electron chi connectivity index (χ0n) is 19.5. The van der Waals surface area contributed by atoms with Crippen molar-refractivity contribution in [3.63, 3.8) is 0 Å². The molecule has 1 aliphatic rings. The Morgan fingerprint density at radius 3 is 1.82 bits per heavy atom. The van der Waals surface area contributed by atoms with Crippen molar-refractivity contribution < 1.29 is 9.53 Å². The molecule has 1 heterocycles. The van der Waals surface area contributed by atoms with Crippen molar-refractivity contribution in [3.05, 3.63) is 0 Å². The molecular formula is C24H45NO2Sn. The van der Waals surface area contributed by atoms with Crippen LogP contribution in [0.25, 0.3) is 0 Å². The van der Waals surface area contributed by atoms with Crippen LogP contribution in [0.4, 0.5) is 4.79 Å². The van der Waals surface area contributed by atoms with Gasteiger partial charge in [0.2, 0.25) is 0 Å². The molecule has 0 aromatic carbocycles. The van der Waals surface area contributed by atoms with Crippen molar-refractivity contribution in [3.8, 4) is 9.86 Å². The van der Waals surface area contributed by atoms with E-state index >= 15 is 0 Å². The van der Waals surface area contributed by atoms with Crippen LogP contribution < -0.4 is 0 Å². The van der Waals surface area contributed by atoms with Crippen molar-refractivity contribution in [2.24, 2.45) is 5.92 Å². The van der Waals surface area contributed by atoms with Gasteiger partial charge >= 0.3 is 180 Å². The Kier molecular flexibility index (Phi) is 11.9. The number of nitrogens with zero attached hydrogens (tertiary/aromatic N) is 1. The standard InChI is InChI=1S/C12H18NO2.3C4H9.Sn/c1-5-10-6-8-13(9-7-10)11(14)15-12(2,3)4;3*1-3-4-2;/h10H,6-9H2,2-4H3;3*1,3-4H2,2H3;. The SMILES string of the molecule is CCC[CH2][Sn]([C]#CC1CCN(C(=O)OC(C)(C)C)CC1)([CH2]CCC)[CH2]CCC. The van der Waals surface area contributed by atoms with E-state index in [0.717, 1.165) is 25.9 Å². The van der Waals surface area contributed by atoms with Crippen molar-refractivity contribution in [1.82, 2.24) is 4.90 Å². The summed E-state index contributed by atoms with van der Waals surface area (Å²) in [6, 6.07) is 0. The van der Waals surface area contributed by atoms with E-state index in [1.54, 1.807) is 0 Å². The number of hydrogen-bond donors (Lipinski definition) is 0. The number of rotatable bonds is 9. The monoisotopic (exact) mass is 499 g/mol. The van der Waals surface area contributed by atoms with Crippen molar-refractivity contribution in [2.75, 3.05) is 13.1 Å². The van der Waals surface area contributed by atoms with E-state index in [2.05, 4.69) is 30.6 Å². The molecule has 0 spiro atoms. The summed E-state index contributed by atoms with van der Waals surface area (Å²) >= 11 is -2.35. The van der Waals surface area contributed by atoms with E-state index in [1.807, 2.05) is 25.7 Å². The van der Waals surface area contributed by atoms with Crippen molar-refractivity contribution in [2.45, 2.75) is 112 Å². The van der Waals surface area contributed by atoms with E-state index in [9.17, 15) is 4.79 Å². The summed E-state index contributed by atoms with van der Waals surface area (Å²) in [5.74, 6) is 4.23. The first-order chi connectivity index (χ1) is 13.2. The van der Waals surface area contributed by atoms with E-state index in [-0.39, 0.29) is 6.09 Å². The molecular weight excluding hydrogens is 453 g/mol. The second-order valence-corrected chi connectivity index (χ2v) is 21.9. The zero-order valence-corrected chi connectivity index (χ0v) is 22.4. The molecule has 162 valence electrons. The number of likely N-dealkylation sites (tertiary alicyclic amines) is 1. The third-order valence-electron chi connectivity index (χ3n) is 5.71. The fourth-order valence-electron chi connectivity index (χ4n) is 3.90. The van der Waals surface area contributed by atoms with Gasteiger partial charge in [0.25, 0.3) is 0 Å². The Balaban J connectivity index is 2.73. The van der Waals surface area contributed by atoms with E-state index in [4.69, 9.17) is 4.74 Å². The molecule has 1 rings (SSSR count). The molecule has 1 amide bonds. The van der Waals surface area contributed by atoms with E-state index < -0.39 is 24.0 Å². The molecule has 1 fully saturated rings. The molecule has 0 saturated carbocycles. The van der Waals surface area contributed by atoms with Gasteiger partial charge in [-0.05, 0) is 0 Å². The van der Waals surface area contributed by atoms with Gasteiger partial charge in [-0.15, -0.1) is 0 Å². The van der Waals surface area contributed by atoms with Crippen molar-refractivity contribution in [1.29, 1.82) is 0 Å². The molecule has 0 N–H and O–H groups in total. The predicted molar refractivity (Wildman–Crippen MR) is 123 cm³/mol. The molecule has 1 saturated heterocycles. The summed E-state index contributed by atoms with van der Waals surface area (Å²) in [5.41, 5.74) is -0.417. The Hall–Kier alpha value is -0.371. The Bertz CT molecular complexity index is 485. The zero-order chi connectivity index (χ0) is 21.0. The normalized spacial score (nSPS) is 15.9. The van der Waals surface area contributed by atoms with Gasteiger partial charge in [0.05, 0.1) is 0 Å². The van der Waals surface area contributed by atoms with Gasteiger partial charge in [-0.1, -0.05) is 0 Å². The molecule has 0 radical (unpaired) electrons. The van der Waals surface area contributed by atoms with Crippen LogP contribution >= 0.6 is 0 Å². The first kappa shape index (κ1) is 25.7. The van der Waals surface area contributed by atoms with Gasteiger partial charge in [0, 0.05) is 0 Å². The van der Waals surface area contributed by atoms with Crippen LogP contribution in [0.15, 0.2) is 0 Å². The Labute approximate surface area is 179 Å². The maximum atomic E-state index is 12.3. The van der Waals surface area contributed by atoms with Crippen LogP contribution in [0, 0.1) is 15.8 Å². The first-order valence-electron chi connectivity index (χ1n) is 11.8. The van der Waals surface area contributed by atoms with Crippen LogP contribution in [0.3, 0.4) is 0 Å². The van der Waals surface area contributed by atoms with E-state index in [1.165, 1.54) is 51.8 Å². The van der Waals surface area contributed by atoms with Crippen LogP contribution in [-0.4, -0.2) is 48.1 Å². The minimum atomic E-state index is -2.35. The average molecular weight is 498 g/mol. The number of carbonyl (C=O) groups is 1. The fourth-order valence-corrected chi connectivity index (χ4v) is 17.4. The molecule has 1 aliphatic heterocycles. The quantitative estimate of drug-likeness (QED) is 0.253. The first-order valence-corrected chi connectivity index (χ1v) is 19.2. The number of piperidine rings is 1. The average Bonchev–Trinajstić information content (AvgIpc) is 2.66. The van der Waals surface area contributed by atoms with Gasteiger partial charge in [0.1, 0.15) is 0 Å². The molecule has 0 unspecified atom stereocenters. The number of carbonyl (C=O) groups excluding carboxylic acids is 1. The molecule has 28 heavy (non-hydrogen) atoms.